The Morgan fingerprint density at radius 2 is 2.12 bits per heavy atom. The fourth-order valence-corrected chi connectivity index (χ4v) is 2.74. The van der Waals surface area contributed by atoms with E-state index in [0.29, 0.717) is 0 Å². The molecule has 17 heavy (non-hydrogen) atoms. The van der Waals surface area contributed by atoms with E-state index in [-0.39, 0.29) is 17.9 Å². The van der Waals surface area contributed by atoms with E-state index in [1.165, 1.54) is 6.66 Å². The van der Waals surface area contributed by atoms with Gasteiger partial charge in [0.1, 0.15) is 0 Å². The average Bonchev–Trinajstić information content (AvgIpc) is 2.27. The van der Waals surface area contributed by atoms with Crippen LogP contribution in [0.4, 0.5) is 0 Å². The Morgan fingerprint density at radius 3 is 2.59 bits per heavy atom. The van der Waals surface area contributed by atoms with Gasteiger partial charge in [-0.2, -0.15) is 0 Å². The molecule has 1 saturated heterocycles. The number of nitrogens with zero attached hydrogens (tertiary/aromatic N) is 3. The first-order chi connectivity index (χ1) is 8.01. The summed E-state index contributed by atoms with van der Waals surface area (Å²) in [6.45, 7) is 7.63. The molecule has 1 rings (SSSR count). The SMILES string of the molecule is CCC1O[C@H](O[PH](C)=O)C(N=[N+]=[N-])[C@@H](C)[C@@H]1C. The molecule has 7 heteroatoms. The Labute approximate surface area is 102 Å². The third-order valence-electron chi connectivity index (χ3n) is 3.41. The summed E-state index contributed by atoms with van der Waals surface area (Å²) >= 11 is 0. The largest absolute Gasteiger partial charge is 0.348 e. The van der Waals surface area contributed by atoms with Gasteiger partial charge in [0.2, 0.25) is 0 Å². The van der Waals surface area contributed by atoms with Crippen LogP contribution >= 0.6 is 8.03 Å². The van der Waals surface area contributed by atoms with Crippen LogP contribution < -0.4 is 0 Å². The van der Waals surface area contributed by atoms with E-state index < -0.39 is 20.4 Å². The van der Waals surface area contributed by atoms with Crippen LogP contribution in [0.5, 0.6) is 0 Å². The number of hydrogen-bond donors (Lipinski definition) is 0. The van der Waals surface area contributed by atoms with Crippen LogP contribution in [-0.4, -0.2) is 25.1 Å². The van der Waals surface area contributed by atoms with Crippen LogP contribution in [0, 0.1) is 11.8 Å². The zero-order valence-corrected chi connectivity index (χ0v) is 11.7. The predicted octanol–water partition coefficient (Wildman–Crippen LogP) is 3.19. The highest BCUT2D eigenvalue weighted by molar-refractivity contribution is 7.38. The van der Waals surface area contributed by atoms with Gasteiger partial charge in [0.25, 0.3) is 0 Å². The molecule has 0 aliphatic carbocycles. The van der Waals surface area contributed by atoms with Crippen molar-refractivity contribution in [1.29, 1.82) is 0 Å². The minimum absolute atomic E-state index is 0.0569. The summed E-state index contributed by atoms with van der Waals surface area (Å²) in [7, 11) is -2.11. The normalized spacial score (nSPS) is 39.4. The van der Waals surface area contributed by atoms with Crippen molar-refractivity contribution in [2.24, 2.45) is 17.0 Å². The molecule has 0 radical (unpaired) electrons. The lowest BCUT2D eigenvalue weighted by Crippen LogP contribution is -2.48. The second-order valence-electron chi connectivity index (χ2n) is 4.47. The molecule has 0 spiro atoms. The van der Waals surface area contributed by atoms with Crippen LogP contribution in [0.15, 0.2) is 5.11 Å². The lowest BCUT2D eigenvalue weighted by Gasteiger charge is -2.42. The van der Waals surface area contributed by atoms with E-state index >= 15 is 0 Å². The molecule has 1 fully saturated rings. The highest BCUT2D eigenvalue weighted by Gasteiger charge is 2.41. The highest BCUT2D eigenvalue weighted by atomic mass is 31.1. The van der Waals surface area contributed by atoms with Gasteiger partial charge in [0, 0.05) is 11.6 Å². The van der Waals surface area contributed by atoms with Crippen LogP contribution in [0.1, 0.15) is 27.2 Å². The molecule has 1 aliphatic heterocycles. The maximum atomic E-state index is 11.2. The first kappa shape index (κ1) is 14.5. The van der Waals surface area contributed by atoms with Crippen molar-refractivity contribution in [2.45, 2.75) is 45.6 Å². The maximum absolute atomic E-state index is 11.2. The minimum Gasteiger partial charge on any atom is -0.348 e. The third kappa shape index (κ3) is 3.46. The highest BCUT2D eigenvalue weighted by Crippen LogP contribution is 2.37. The maximum Gasteiger partial charge on any atom is 0.190 e. The second-order valence-corrected chi connectivity index (χ2v) is 5.69. The molecule has 98 valence electrons. The Hall–Kier alpha value is -0.540. The molecular formula is C10H20N3O3P. The molecule has 0 saturated carbocycles. The quantitative estimate of drug-likeness (QED) is 0.337. The number of hydrogen-bond acceptors (Lipinski definition) is 4. The van der Waals surface area contributed by atoms with E-state index in [1.807, 2.05) is 13.8 Å². The molecule has 0 aromatic rings. The van der Waals surface area contributed by atoms with Gasteiger partial charge in [0.05, 0.1) is 12.1 Å². The molecule has 1 heterocycles. The first-order valence-corrected chi connectivity index (χ1v) is 7.69. The van der Waals surface area contributed by atoms with Gasteiger partial charge < -0.3 is 4.74 Å². The Bertz CT molecular complexity index is 333. The van der Waals surface area contributed by atoms with Gasteiger partial charge in [-0.3, -0.25) is 9.09 Å². The van der Waals surface area contributed by atoms with Gasteiger partial charge in [-0.05, 0) is 23.8 Å². The number of ether oxygens (including phenoxy) is 1. The van der Waals surface area contributed by atoms with Crippen molar-refractivity contribution in [3.63, 3.8) is 0 Å². The Balaban J connectivity index is 2.89. The molecular weight excluding hydrogens is 241 g/mol. The molecule has 0 aromatic carbocycles. The van der Waals surface area contributed by atoms with Gasteiger partial charge in [-0.25, -0.2) is 0 Å². The van der Waals surface area contributed by atoms with Gasteiger partial charge >= 0.3 is 0 Å². The lowest BCUT2D eigenvalue weighted by molar-refractivity contribution is -0.190. The van der Waals surface area contributed by atoms with Gasteiger partial charge in [-0.1, -0.05) is 25.9 Å². The first-order valence-electron chi connectivity index (χ1n) is 5.88. The van der Waals surface area contributed by atoms with E-state index in [0.717, 1.165) is 6.42 Å². The summed E-state index contributed by atoms with van der Waals surface area (Å²) in [4.78, 5) is 2.83. The standard InChI is InChI=1S/C10H20N3O3P/c1-5-8-6(2)7(3)9(12-13-11)10(15-8)16-17(4)14/h6-10,17H,5H2,1-4H3/t6-,7-,8?,9?,10+/m0/s1. The molecule has 1 aliphatic rings. The van der Waals surface area contributed by atoms with Crippen molar-refractivity contribution in [2.75, 3.05) is 6.66 Å². The average molecular weight is 261 g/mol. The van der Waals surface area contributed by atoms with Crippen molar-refractivity contribution >= 4 is 8.03 Å². The topological polar surface area (TPSA) is 84.3 Å². The summed E-state index contributed by atoms with van der Waals surface area (Å²) in [5.74, 6) is 0.436. The van der Waals surface area contributed by atoms with E-state index in [4.69, 9.17) is 14.8 Å². The van der Waals surface area contributed by atoms with Crippen LogP contribution in [0.25, 0.3) is 10.4 Å². The smallest absolute Gasteiger partial charge is 0.190 e. The molecule has 3 unspecified atom stereocenters. The summed E-state index contributed by atoms with van der Waals surface area (Å²) < 4.78 is 22.2. The second kappa shape index (κ2) is 6.41. The van der Waals surface area contributed by atoms with E-state index in [2.05, 4.69) is 16.9 Å². The predicted molar refractivity (Wildman–Crippen MR) is 66.2 cm³/mol. The molecule has 0 bridgehead atoms. The molecule has 6 nitrogen and oxygen atoms in total. The third-order valence-corrected chi connectivity index (χ3v) is 3.98. The van der Waals surface area contributed by atoms with E-state index in [9.17, 15) is 4.57 Å². The molecule has 0 N–H and O–H groups in total. The minimum atomic E-state index is -2.11. The van der Waals surface area contributed by atoms with Crippen molar-refractivity contribution in [3.05, 3.63) is 10.4 Å². The Morgan fingerprint density at radius 1 is 1.47 bits per heavy atom. The van der Waals surface area contributed by atoms with Gasteiger partial charge in [0.15, 0.2) is 14.3 Å². The summed E-state index contributed by atoms with van der Waals surface area (Å²) in [6, 6.07) is -0.410. The Kier molecular flexibility index (Phi) is 5.47. The zero-order valence-electron chi connectivity index (χ0n) is 10.7. The molecule has 0 amide bonds. The van der Waals surface area contributed by atoms with Crippen LogP contribution in [0.3, 0.4) is 0 Å². The summed E-state index contributed by atoms with van der Waals surface area (Å²) in [5, 5.41) is 3.73. The van der Waals surface area contributed by atoms with Crippen LogP contribution in [-0.2, 0) is 13.8 Å². The van der Waals surface area contributed by atoms with Crippen molar-refractivity contribution < 1.29 is 13.8 Å². The number of azide groups is 1. The fourth-order valence-electron chi connectivity index (χ4n) is 2.22. The molecule has 0 aromatic heterocycles. The van der Waals surface area contributed by atoms with Crippen molar-refractivity contribution in [3.8, 4) is 0 Å². The number of rotatable bonds is 4. The zero-order chi connectivity index (χ0) is 13.0. The summed E-state index contributed by atoms with van der Waals surface area (Å²) in [6.07, 6.45) is 0.235. The monoisotopic (exact) mass is 261 g/mol. The lowest BCUT2D eigenvalue weighted by atomic mass is 9.81. The summed E-state index contributed by atoms with van der Waals surface area (Å²) in [5.41, 5.74) is 8.57. The van der Waals surface area contributed by atoms with Crippen molar-refractivity contribution in [1.82, 2.24) is 0 Å². The molecule has 6 atom stereocenters. The van der Waals surface area contributed by atoms with E-state index in [1.54, 1.807) is 0 Å². The van der Waals surface area contributed by atoms with Gasteiger partial charge in [-0.15, -0.1) is 0 Å². The fraction of sp³-hybridized carbons (Fsp3) is 1.00. The van der Waals surface area contributed by atoms with Crippen LogP contribution in [0.2, 0.25) is 0 Å².